The van der Waals surface area contributed by atoms with Crippen LogP contribution in [0, 0.1) is 0 Å². The number of benzene rings is 1. The number of nitrogens with one attached hydrogen (secondary N) is 1. The van der Waals surface area contributed by atoms with Gasteiger partial charge in [-0.25, -0.2) is 0 Å². The first-order valence-electron chi connectivity index (χ1n) is 4.75. The molecule has 14 heavy (non-hydrogen) atoms. The molecule has 0 atom stereocenters. The zero-order chi connectivity index (χ0) is 10.6. The van der Waals surface area contributed by atoms with Crippen LogP contribution >= 0.6 is 11.6 Å². The quantitative estimate of drug-likeness (QED) is 0.583. The molecule has 76 valence electrons. The molecule has 1 nitrogen and oxygen atoms in total. The van der Waals surface area contributed by atoms with Gasteiger partial charge in [-0.1, -0.05) is 38.6 Å². The van der Waals surface area contributed by atoms with Gasteiger partial charge in [0.25, 0.3) is 0 Å². The predicted octanol–water partition coefficient (Wildman–Crippen LogP) is 4.06. The van der Waals surface area contributed by atoms with Crippen molar-refractivity contribution in [3.05, 3.63) is 35.9 Å². The van der Waals surface area contributed by atoms with Crippen LogP contribution in [0.4, 0.5) is 5.69 Å². The fraction of sp³-hybridized carbons (Fsp3) is 0.333. The van der Waals surface area contributed by atoms with E-state index in [2.05, 4.69) is 43.9 Å². The summed E-state index contributed by atoms with van der Waals surface area (Å²) >= 11 is 5.65. The molecule has 0 fully saturated rings. The van der Waals surface area contributed by atoms with Crippen molar-refractivity contribution in [2.45, 2.75) is 19.8 Å². The molecule has 1 aromatic rings. The highest BCUT2D eigenvalue weighted by Gasteiger charge is 2.03. The van der Waals surface area contributed by atoms with Crippen molar-refractivity contribution < 1.29 is 0 Å². The zero-order valence-electron chi connectivity index (χ0n) is 8.68. The van der Waals surface area contributed by atoms with Crippen LogP contribution < -0.4 is 5.32 Å². The SMILES string of the molecule is C=Cc1ccc(C(C)C)cc1NCCl. The molecule has 0 aliphatic heterocycles. The van der Waals surface area contributed by atoms with Gasteiger partial charge < -0.3 is 5.32 Å². The second-order valence-electron chi connectivity index (χ2n) is 3.52. The van der Waals surface area contributed by atoms with Gasteiger partial charge in [-0.05, 0) is 23.1 Å². The third kappa shape index (κ3) is 2.52. The summed E-state index contributed by atoms with van der Waals surface area (Å²) < 4.78 is 0. The van der Waals surface area contributed by atoms with Gasteiger partial charge in [0.15, 0.2) is 0 Å². The Morgan fingerprint density at radius 3 is 2.71 bits per heavy atom. The van der Waals surface area contributed by atoms with Crippen molar-refractivity contribution in [3.8, 4) is 0 Å². The molecule has 0 heterocycles. The van der Waals surface area contributed by atoms with E-state index >= 15 is 0 Å². The summed E-state index contributed by atoms with van der Waals surface area (Å²) in [5.74, 6) is 0.532. The van der Waals surface area contributed by atoms with Crippen LogP contribution in [0.1, 0.15) is 30.9 Å². The second-order valence-corrected chi connectivity index (χ2v) is 3.78. The maximum Gasteiger partial charge on any atom is 0.0902 e. The number of hydrogen-bond acceptors (Lipinski definition) is 1. The van der Waals surface area contributed by atoms with E-state index in [0.29, 0.717) is 11.9 Å². The summed E-state index contributed by atoms with van der Waals surface area (Å²) in [6.45, 7) is 8.11. The number of halogens is 1. The van der Waals surface area contributed by atoms with Crippen molar-refractivity contribution in [2.75, 3.05) is 11.3 Å². The summed E-state index contributed by atoms with van der Waals surface area (Å²) in [4.78, 5) is 0. The van der Waals surface area contributed by atoms with Crippen molar-refractivity contribution in [3.63, 3.8) is 0 Å². The molecule has 0 radical (unpaired) electrons. The van der Waals surface area contributed by atoms with Crippen molar-refractivity contribution in [1.82, 2.24) is 0 Å². The van der Waals surface area contributed by atoms with E-state index in [4.69, 9.17) is 11.6 Å². The van der Waals surface area contributed by atoms with Crippen LogP contribution in [0.15, 0.2) is 24.8 Å². The van der Waals surface area contributed by atoms with E-state index in [-0.39, 0.29) is 0 Å². The summed E-state index contributed by atoms with van der Waals surface area (Å²) in [6.07, 6.45) is 1.83. The smallest absolute Gasteiger partial charge is 0.0902 e. The van der Waals surface area contributed by atoms with E-state index in [0.717, 1.165) is 11.3 Å². The largest absolute Gasteiger partial charge is 0.371 e. The van der Waals surface area contributed by atoms with Gasteiger partial charge in [0, 0.05) is 5.69 Å². The zero-order valence-corrected chi connectivity index (χ0v) is 9.43. The van der Waals surface area contributed by atoms with E-state index < -0.39 is 0 Å². The molecular weight excluding hydrogens is 194 g/mol. The molecule has 0 aliphatic rings. The van der Waals surface area contributed by atoms with Gasteiger partial charge in [-0.3, -0.25) is 0 Å². The Morgan fingerprint density at radius 2 is 2.21 bits per heavy atom. The lowest BCUT2D eigenvalue weighted by molar-refractivity contribution is 0.867. The van der Waals surface area contributed by atoms with Crippen LogP contribution in [0.3, 0.4) is 0 Å². The van der Waals surface area contributed by atoms with Gasteiger partial charge >= 0.3 is 0 Å². The number of anilines is 1. The molecule has 0 aliphatic carbocycles. The van der Waals surface area contributed by atoms with E-state index in [1.165, 1.54) is 5.56 Å². The molecule has 0 bridgehead atoms. The summed E-state index contributed by atoms with van der Waals surface area (Å²) in [5.41, 5.74) is 3.46. The molecule has 1 aromatic carbocycles. The Labute approximate surface area is 90.8 Å². The van der Waals surface area contributed by atoms with Crippen LogP contribution in [0.25, 0.3) is 6.08 Å². The highest BCUT2D eigenvalue weighted by molar-refractivity contribution is 6.18. The fourth-order valence-corrected chi connectivity index (χ4v) is 1.48. The summed E-state index contributed by atoms with van der Waals surface area (Å²) in [6, 6.07) is 6.74. The Balaban J connectivity index is 3.06. The van der Waals surface area contributed by atoms with Gasteiger partial charge in [0.05, 0.1) is 6.00 Å². The number of rotatable bonds is 4. The molecular formula is C12H16ClN. The lowest BCUT2D eigenvalue weighted by atomic mass is 10.0. The lowest BCUT2D eigenvalue weighted by Crippen LogP contribution is -1.98. The predicted molar refractivity (Wildman–Crippen MR) is 65.0 cm³/mol. The second kappa shape index (κ2) is 5.06. The molecule has 0 amide bonds. The molecule has 1 N–H and O–H groups in total. The van der Waals surface area contributed by atoms with Crippen LogP contribution in [0.5, 0.6) is 0 Å². The van der Waals surface area contributed by atoms with Gasteiger partial charge in [0.1, 0.15) is 0 Å². The van der Waals surface area contributed by atoms with Crippen molar-refractivity contribution >= 4 is 23.4 Å². The first-order chi connectivity index (χ1) is 6.69. The average Bonchev–Trinajstić information content (AvgIpc) is 2.18. The highest BCUT2D eigenvalue weighted by Crippen LogP contribution is 2.23. The topological polar surface area (TPSA) is 12.0 Å². The standard InChI is InChI=1S/C12H16ClN/c1-4-10-5-6-11(9(2)3)7-12(10)14-8-13/h4-7,9,14H,1,8H2,2-3H3. The maximum atomic E-state index is 5.65. The Bertz CT molecular complexity index is 318. The first-order valence-corrected chi connectivity index (χ1v) is 5.28. The molecule has 0 saturated carbocycles. The molecule has 0 spiro atoms. The minimum absolute atomic E-state index is 0.419. The monoisotopic (exact) mass is 209 g/mol. The van der Waals surface area contributed by atoms with Gasteiger partial charge in [0.2, 0.25) is 0 Å². The Hall–Kier alpha value is -0.950. The van der Waals surface area contributed by atoms with Crippen LogP contribution in [0.2, 0.25) is 0 Å². The Kier molecular flexibility index (Phi) is 4.02. The average molecular weight is 210 g/mol. The minimum Gasteiger partial charge on any atom is -0.371 e. The maximum absolute atomic E-state index is 5.65. The van der Waals surface area contributed by atoms with Crippen molar-refractivity contribution in [1.29, 1.82) is 0 Å². The van der Waals surface area contributed by atoms with E-state index in [1.807, 2.05) is 6.08 Å². The van der Waals surface area contributed by atoms with Crippen LogP contribution in [-0.2, 0) is 0 Å². The highest BCUT2D eigenvalue weighted by atomic mass is 35.5. The van der Waals surface area contributed by atoms with Gasteiger partial charge in [-0.2, -0.15) is 0 Å². The third-order valence-electron chi connectivity index (χ3n) is 2.22. The number of hydrogen-bond donors (Lipinski definition) is 1. The van der Waals surface area contributed by atoms with E-state index in [1.54, 1.807) is 0 Å². The van der Waals surface area contributed by atoms with Crippen molar-refractivity contribution in [2.24, 2.45) is 0 Å². The third-order valence-corrected chi connectivity index (χ3v) is 2.35. The van der Waals surface area contributed by atoms with Gasteiger partial charge in [-0.15, -0.1) is 11.6 Å². The summed E-state index contributed by atoms with van der Waals surface area (Å²) in [5, 5.41) is 3.12. The van der Waals surface area contributed by atoms with E-state index in [9.17, 15) is 0 Å². The summed E-state index contributed by atoms with van der Waals surface area (Å²) in [7, 11) is 0. The molecule has 0 unspecified atom stereocenters. The Morgan fingerprint density at radius 1 is 1.50 bits per heavy atom. The fourth-order valence-electron chi connectivity index (χ4n) is 1.34. The molecule has 0 saturated heterocycles. The normalized spacial score (nSPS) is 10.3. The van der Waals surface area contributed by atoms with Crippen LogP contribution in [-0.4, -0.2) is 6.00 Å². The number of alkyl halides is 1. The molecule has 1 rings (SSSR count). The first kappa shape index (κ1) is 11.1. The molecule has 0 aromatic heterocycles. The minimum atomic E-state index is 0.419. The lowest BCUT2D eigenvalue weighted by Gasteiger charge is -2.11. The molecule has 2 heteroatoms.